The molecule has 0 saturated carbocycles. The first kappa shape index (κ1) is 9.43. The Hall–Kier alpha value is -0.660. The van der Waals surface area contributed by atoms with Crippen LogP contribution in [0.1, 0.15) is 0 Å². The van der Waals surface area contributed by atoms with Gasteiger partial charge < -0.3 is 12.4 Å². The van der Waals surface area contributed by atoms with Crippen molar-refractivity contribution in [2.24, 2.45) is 0 Å². The Labute approximate surface area is 83.4 Å². The van der Waals surface area contributed by atoms with Gasteiger partial charge in [0, 0.05) is 5.39 Å². The Morgan fingerprint density at radius 1 is 0.833 bits per heavy atom. The molecular weight excluding hydrogens is 188 g/mol. The lowest BCUT2D eigenvalue weighted by atomic mass is 10.1. The maximum Gasteiger partial charge on any atom is 0.158 e. The van der Waals surface area contributed by atoms with Crippen molar-refractivity contribution in [3.63, 3.8) is 0 Å². The van der Waals surface area contributed by atoms with E-state index in [9.17, 15) is 0 Å². The molecule has 0 spiro atoms. The molecule has 2 rings (SSSR count). The van der Waals surface area contributed by atoms with Gasteiger partial charge >= 0.3 is 0 Å². The standard InChI is InChI=1S/C10H8S.ClH/c11-10-7-3-5-8-4-1-2-6-9(8)10;/h1-7,11H;1H. The fourth-order valence-corrected chi connectivity index (χ4v) is 1.55. The number of rotatable bonds is 0. The summed E-state index contributed by atoms with van der Waals surface area (Å²) in [7, 11) is 0. The summed E-state index contributed by atoms with van der Waals surface area (Å²) in [4.78, 5) is 1.16. The van der Waals surface area contributed by atoms with E-state index in [4.69, 9.17) is 0 Å². The molecule has 0 aliphatic carbocycles. The van der Waals surface area contributed by atoms with E-state index in [1.54, 1.807) is 0 Å². The maximum absolute atomic E-state index is 3.55. The lowest BCUT2D eigenvalue weighted by Gasteiger charge is -1.94. The topological polar surface area (TPSA) is 0 Å². The molecule has 62 valence electrons. The normalized spacial score (nSPS) is 9.42. The van der Waals surface area contributed by atoms with Gasteiger partial charge in [-0.15, -0.1) is 0 Å². The second kappa shape index (κ2) is 3.83. The lowest BCUT2D eigenvalue weighted by Crippen LogP contribution is -3.00. The average molecular weight is 197 g/mol. The highest BCUT2D eigenvalue weighted by Crippen LogP contribution is 2.17. The van der Waals surface area contributed by atoms with Crippen LogP contribution in [0.4, 0.5) is 0 Å². The third-order valence-electron chi connectivity index (χ3n) is 1.79. The van der Waals surface area contributed by atoms with Crippen molar-refractivity contribution in [2.45, 2.75) is 4.90 Å². The van der Waals surface area contributed by atoms with E-state index in [0.29, 0.717) is 0 Å². The number of benzene rings is 2. The zero-order valence-corrected chi connectivity index (χ0v) is 8.18. The fourth-order valence-electron chi connectivity index (χ4n) is 1.23. The van der Waals surface area contributed by atoms with Gasteiger partial charge in [0.15, 0.2) is 4.90 Å². The molecule has 0 aliphatic rings. The van der Waals surface area contributed by atoms with Crippen LogP contribution in [0.2, 0.25) is 0 Å². The van der Waals surface area contributed by atoms with Gasteiger partial charge in [-0.2, -0.15) is 0 Å². The van der Waals surface area contributed by atoms with Crippen LogP contribution in [0.3, 0.4) is 0 Å². The molecule has 0 aliphatic heterocycles. The maximum atomic E-state index is 3.55. The summed E-state index contributed by atoms with van der Waals surface area (Å²) in [6.07, 6.45) is 0. The van der Waals surface area contributed by atoms with Crippen LogP contribution >= 0.6 is 0 Å². The van der Waals surface area contributed by atoms with Gasteiger partial charge in [0.25, 0.3) is 0 Å². The van der Waals surface area contributed by atoms with Gasteiger partial charge in [-0.3, -0.25) is 0 Å². The Balaban J connectivity index is 0.000000720. The van der Waals surface area contributed by atoms with Crippen molar-refractivity contribution < 1.29 is 12.4 Å². The molecule has 0 amide bonds. The first-order valence-electron chi connectivity index (χ1n) is 3.57. The van der Waals surface area contributed by atoms with Crippen LogP contribution in [0.5, 0.6) is 0 Å². The number of fused-ring (bicyclic) bond motifs is 1. The average Bonchev–Trinajstić information content (AvgIpc) is 2.06. The zero-order chi connectivity index (χ0) is 7.68. The number of hydrogen-bond donors (Lipinski definition) is 0. The van der Waals surface area contributed by atoms with Gasteiger partial charge in [-0.1, -0.05) is 30.3 Å². The van der Waals surface area contributed by atoms with E-state index in [1.807, 2.05) is 18.2 Å². The summed E-state index contributed by atoms with van der Waals surface area (Å²) < 4.78 is 0. The fraction of sp³-hybridized carbons (Fsp3) is 0. The van der Waals surface area contributed by atoms with Crippen LogP contribution in [0, 0.1) is 0 Å². The van der Waals surface area contributed by atoms with Crippen molar-refractivity contribution in [1.29, 1.82) is 0 Å². The minimum atomic E-state index is 0. The molecule has 12 heavy (non-hydrogen) atoms. The summed E-state index contributed by atoms with van der Waals surface area (Å²) in [5.41, 5.74) is 0. The molecule has 0 heterocycles. The quantitative estimate of drug-likeness (QED) is 0.485. The van der Waals surface area contributed by atoms with Gasteiger partial charge in [-0.25, -0.2) is 0 Å². The van der Waals surface area contributed by atoms with Crippen molar-refractivity contribution in [3.8, 4) is 0 Å². The monoisotopic (exact) mass is 196 g/mol. The molecule has 0 unspecified atom stereocenters. The highest BCUT2D eigenvalue weighted by atomic mass is 35.5. The van der Waals surface area contributed by atoms with Crippen molar-refractivity contribution in [3.05, 3.63) is 42.5 Å². The molecule has 0 fully saturated rings. The van der Waals surface area contributed by atoms with Crippen molar-refractivity contribution in [1.82, 2.24) is 0 Å². The summed E-state index contributed by atoms with van der Waals surface area (Å²) in [6, 6.07) is 14.5. The van der Waals surface area contributed by atoms with E-state index in [0.717, 1.165) is 4.90 Å². The minimum absolute atomic E-state index is 0. The molecule has 0 nitrogen and oxygen atoms in total. The van der Waals surface area contributed by atoms with E-state index in [1.165, 1.54) is 10.8 Å². The molecule has 0 radical (unpaired) electrons. The first-order valence-corrected chi connectivity index (χ1v) is 4.07. The SMILES string of the molecule is [Cl-].[SH2+]c1cccc2ccccc12. The van der Waals surface area contributed by atoms with E-state index >= 15 is 0 Å². The highest BCUT2D eigenvalue weighted by molar-refractivity contribution is 7.59. The van der Waals surface area contributed by atoms with Crippen LogP contribution in [-0.4, -0.2) is 0 Å². The predicted octanol–water partition coefficient (Wildman–Crippen LogP) is -0.786. The van der Waals surface area contributed by atoms with E-state index in [2.05, 4.69) is 36.9 Å². The summed E-state index contributed by atoms with van der Waals surface area (Å²) in [5, 5.41) is 2.55. The van der Waals surface area contributed by atoms with Gasteiger partial charge in [0.1, 0.15) is 0 Å². The molecule has 0 saturated heterocycles. The van der Waals surface area contributed by atoms with Crippen LogP contribution in [-0.2, 0) is 12.6 Å². The smallest absolute Gasteiger partial charge is 0.158 e. The minimum Gasteiger partial charge on any atom is -1.00 e. The summed E-state index contributed by atoms with van der Waals surface area (Å²) >= 11 is 3.55. The largest absolute Gasteiger partial charge is 1.00 e. The van der Waals surface area contributed by atoms with E-state index in [-0.39, 0.29) is 12.4 Å². The molecule has 2 aromatic carbocycles. The van der Waals surface area contributed by atoms with Crippen molar-refractivity contribution in [2.75, 3.05) is 0 Å². The van der Waals surface area contributed by atoms with Gasteiger partial charge in [-0.05, 0) is 30.1 Å². The molecular formula is C10H9ClS. The van der Waals surface area contributed by atoms with Crippen LogP contribution < -0.4 is 12.4 Å². The van der Waals surface area contributed by atoms with Gasteiger partial charge in [0.05, 0.1) is 0 Å². The molecule has 0 N–H and O–H groups in total. The van der Waals surface area contributed by atoms with Gasteiger partial charge in [0.2, 0.25) is 0 Å². The lowest BCUT2D eigenvalue weighted by molar-refractivity contribution is -0.00000203. The number of halogens is 1. The van der Waals surface area contributed by atoms with Crippen LogP contribution in [0.25, 0.3) is 10.8 Å². The third kappa shape index (κ3) is 1.57. The predicted molar refractivity (Wildman–Crippen MR) is 52.4 cm³/mol. The summed E-state index contributed by atoms with van der Waals surface area (Å²) in [6.45, 7) is 0. The Kier molecular flexibility index (Phi) is 3.01. The van der Waals surface area contributed by atoms with E-state index < -0.39 is 0 Å². The summed E-state index contributed by atoms with van der Waals surface area (Å²) in [5.74, 6) is 0. The van der Waals surface area contributed by atoms with Crippen LogP contribution in [0.15, 0.2) is 47.4 Å². The molecule has 0 aromatic heterocycles. The molecule has 2 aromatic rings. The second-order valence-corrected chi connectivity index (χ2v) is 3.07. The highest BCUT2D eigenvalue weighted by Gasteiger charge is 1.97. The van der Waals surface area contributed by atoms with Crippen molar-refractivity contribution >= 4 is 23.4 Å². The first-order chi connectivity index (χ1) is 5.38. The second-order valence-electron chi connectivity index (χ2n) is 2.53. The molecule has 0 bridgehead atoms. The third-order valence-corrected chi connectivity index (χ3v) is 2.23. The Bertz CT molecular complexity index is 379. The molecule has 2 heteroatoms. The molecule has 0 atom stereocenters. The Morgan fingerprint density at radius 3 is 2.25 bits per heavy atom. The number of hydrogen-bond acceptors (Lipinski definition) is 0. The zero-order valence-electron chi connectivity index (χ0n) is 6.42. The Morgan fingerprint density at radius 2 is 1.50 bits per heavy atom.